The summed E-state index contributed by atoms with van der Waals surface area (Å²) in [7, 11) is 0. The number of carbonyl (C=O) groups is 1. The average Bonchev–Trinajstić information content (AvgIpc) is 2.99. The average molecular weight is 674 g/mol. The number of nitrogens with one attached hydrogen (secondary N) is 3. The van der Waals surface area contributed by atoms with Crippen LogP contribution in [0.5, 0.6) is 6.01 Å². The molecule has 1 fully saturated rings. The lowest BCUT2D eigenvalue weighted by molar-refractivity contribution is -0.155. The van der Waals surface area contributed by atoms with Gasteiger partial charge in [0.2, 0.25) is 11.9 Å². The molecule has 3 aromatic rings. The van der Waals surface area contributed by atoms with Crippen molar-refractivity contribution in [1.82, 2.24) is 20.3 Å². The summed E-state index contributed by atoms with van der Waals surface area (Å²) < 4.78 is 86.6. The maximum absolute atomic E-state index is 13.0. The second kappa shape index (κ2) is 17.5. The van der Waals surface area contributed by atoms with Crippen LogP contribution in [0.3, 0.4) is 0 Å². The summed E-state index contributed by atoms with van der Waals surface area (Å²) in [6.07, 6.45) is -9.22. The van der Waals surface area contributed by atoms with Crippen LogP contribution in [0.2, 0.25) is 0 Å². The molecule has 0 spiro atoms. The predicted octanol–water partition coefficient (Wildman–Crippen LogP) is 6.97. The van der Waals surface area contributed by atoms with E-state index < -0.39 is 30.5 Å². The van der Waals surface area contributed by atoms with Crippen LogP contribution in [0.15, 0.2) is 48.5 Å². The van der Waals surface area contributed by atoms with E-state index in [-0.39, 0.29) is 35.7 Å². The molecule has 2 aromatic carbocycles. The van der Waals surface area contributed by atoms with Crippen molar-refractivity contribution in [3.63, 3.8) is 0 Å². The van der Waals surface area contributed by atoms with Gasteiger partial charge in [-0.25, -0.2) is 0 Å². The molecule has 1 aromatic heterocycles. The first-order valence-electron chi connectivity index (χ1n) is 14.8. The molecule has 47 heavy (non-hydrogen) atoms. The van der Waals surface area contributed by atoms with E-state index in [1.54, 1.807) is 0 Å². The second-order valence-corrected chi connectivity index (χ2v) is 10.8. The third kappa shape index (κ3) is 15.2. The largest absolute Gasteiger partial charge is 0.460 e. The normalized spacial score (nSPS) is 13.3. The number of benzene rings is 2. The van der Waals surface area contributed by atoms with E-state index in [1.165, 1.54) is 19.1 Å². The van der Waals surface area contributed by atoms with Gasteiger partial charge in [0.25, 0.3) is 0 Å². The lowest BCUT2D eigenvalue weighted by atomic mass is 10.1. The Kier molecular flexibility index (Phi) is 14.5. The lowest BCUT2D eigenvalue weighted by Crippen LogP contribution is -2.43. The summed E-state index contributed by atoms with van der Waals surface area (Å²) in [5.74, 6) is -0.629. The van der Waals surface area contributed by atoms with Crippen molar-refractivity contribution in [3.05, 3.63) is 59.7 Å². The molecule has 1 saturated heterocycles. The minimum atomic E-state index is -4.64. The van der Waals surface area contributed by atoms with Crippen molar-refractivity contribution in [2.45, 2.75) is 66.0 Å². The zero-order valence-electron chi connectivity index (χ0n) is 27.1. The molecule has 0 bridgehead atoms. The molecule has 0 radical (unpaired) electrons. The van der Waals surface area contributed by atoms with Crippen molar-refractivity contribution in [2.75, 3.05) is 48.3 Å². The number of alkyl halides is 6. The number of rotatable bonds is 8. The molecule has 0 aliphatic carbocycles. The SMILES string of the molecule is CC.CC(=O)OC(C)(C)C.FC(F)(F)COc1nc(NCc2cccc(N3CCNCC3)c2)nc(Nc2cccc(C(F)(F)F)c2)n1. The number of piperazine rings is 1. The molecular formula is C31H41F6N7O3. The van der Waals surface area contributed by atoms with E-state index in [1.807, 2.05) is 58.9 Å². The van der Waals surface area contributed by atoms with Crippen molar-refractivity contribution < 1.29 is 40.6 Å². The summed E-state index contributed by atoms with van der Waals surface area (Å²) in [5, 5.41) is 8.77. The zero-order chi connectivity index (χ0) is 35.3. The standard InChI is InChI=1S/C23H23F6N7O.C6H12O2.C2H6/c24-22(25,26)14-37-21-34-19(31-13-15-3-1-6-18(11-15)36-9-7-30-8-10-36)33-20(35-21)32-17-5-2-4-16(12-17)23(27,28)29;1-5(7)8-6(2,3)4;1-2/h1-6,11-12,30H,7-10,13-14H2,(H2,31,32,33,34,35);1-4H3;1-2H3. The van der Waals surface area contributed by atoms with Gasteiger partial charge in [-0.2, -0.15) is 41.3 Å². The number of aromatic nitrogens is 3. The fraction of sp³-hybridized carbons (Fsp3) is 0.484. The van der Waals surface area contributed by atoms with Crippen LogP contribution in [0.25, 0.3) is 0 Å². The van der Waals surface area contributed by atoms with E-state index in [4.69, 9.17) is 4.74 Å². The van der Waals surface area contributed by atoms with Crippen LogP contribution in [0, 0.1) is 0 Å². The molecular weight excluding hydrogens is 632 g/mol. The van der Waals surface area contributed by atoms with Gasteiger partial charge in [-0.15, -0.1) is 0 Å². The molecule has 0 saturated carbocycles. The number of carbonyl (C=O) groups excluding carboxylic acids is 1. The number of hydrogen-bond acceptors (Lipinski definition) is 10. The highest BCUT2D eigenvalue weighted by atomic mass is 19.4. The van der Waals surface area contributed by atoms with Crippen LogP contribution in [-0.2, 0) is 22.3 Å². The van der Waals surface area contributed by atoms with Crippen LogP contribution >= 0.6 is 0 Å². The number of nitrogens with zero attached hydrogens (tertiary/aromatic N) is 4. The van der Waals surface area contributed by atoms with Gasteiger partial charge < -0.3 is 30.3 Å². The zero-order valence-corrected chi connectivity index (χ0v) is 27.1. The summed E-state index contributed by atoms with van der Waals surface area (Å²) >= 11 is 0. The molecule has 4 rings (SSSR count). The molecule has 0 amide bonds. The van der Waals surface area contributed by atoms with Gasteiger partial charge in [-0.3, -0.25) is 4.79 Å². The van der Waals surface area contributed by atoms with E-state index in [0.29, 0.717) is 0 Å². The van der Waals surface area contributed by atoms with E-state index in [0.717, 1.165) is 49.6 Å². The Bertz CT molecular complexity index is 1410. The summed E-state index contributed by atoms with van der Waals surface area (Å²) in [6, 6.07) is 11.3. The van der Waals surface area contributed by atoms with Crippen LogP contribution in [-0.4, -0.2) is 65.5 Å². The molecule has 10 nitrogen and oxygen atoms in total. The van der Waals surface area contributed by atoms with Crippen molar-refractivity contribution >= 4 is 29.2 Å². The van der Waals surface area contributed by atoms with Crippen LogP contribution in [0.4, 0.5) is 49.6 Å². The van der Waals surface area contributed by atoms with E-state index in [9.17, 15) is 31.1 Å². The smallest absolute Gasteiger partial charge is 0.422 e. The summed E-state index contributed by atoms with van der Waals surface area (Å²) in [5.41, 5.74) is 0.630. The highest BCUT2D eigenvalue weighted by Crippen LogP contribution is 2.31. The quantitative estimate of drug-likeness (QED) is 0.171. The fourth-order valence-electron chi connectivity index (χ4n) is 4.00. The Morgan fingerprint density at radius 2 is 1.55 bits per heavy atom. The van der Waals surface area contributed by atoms with Crippen LogP contribution in [0.1, 0.15) is 52.7 Å². The first kappa shape index (κ1) is 38.8. The molecule has 3 N–H and O–H groups in total. The minimum Gasteiger partial charge on any atom is -0.460 e. The Balaban J connectivity index is 0.000000672. The summed E-state index contributed by atoms with van der Waals surface area (Å²) in [6.45, 7) is 13.0. The van der Waals surface area contributed by atoms with Crippen molar-refractivity contribution in [2.24, 2.45) is 0 Å². The first-order valence-corrected chi connectivity index (χ1v) is 14.8. The van der Waals surface area contributed by atoms with Crippen molar-refractivity contribution in [3.8, 4) is 6.01 Å². The molecule has 0 atom stereocenters. The maximum atomic E-state index is 13.0. The number of anilines is 4. The highest BCUT2D eigenvalue weighted by Gasteiger charge is 2.31. The minimum absolute atomic E-state index is 0.0162. The van der Waals surface area contributed by atoms with Crippen LogP contribution < -0.4 is 25.6 Å². The second-order valence-electron chi connectivity index (χ2n) is 10.8. The van der Waals surface area contributed by atoms with Gasteiger partial charge in [-0.1, -0.05) is 32.0 Å². The Morgan fingerprint density at radius 1 is 0.915 bits per heavy atom. The van der Waals surface area contributed by atoms with Gasteiger partial charge in [0.15, 0.2) is 6.61 Å². The van der Waals surface area contributed by atoms with Gasteiger partial charge in [0, 0.05) is 51.0 Å². The Hall–Kier alpha value is -4.34. The molecule has 16 heteroatoms. The maximum Gasteiger partial charge on any atom is 0.422 e. The first-order chi connectivity index (χ1) is 22.0. The number of hydrogen-bond donors (Lipinski definition) is 3. The number of ether oxygens (including phenoxy) is 2. The van der Waals surface area contributed by atoms with Crippen molar-refractivity contribution in [1.29, 1.82) is 0 Å². The van der Waals surface area contributed by atoms with Gasteiger partial charge in [0.05, 0.1) is 5.56 Å². The predicted molar refractivity (Wildman–Crippen MR) is 168 cm³/mol. The highest BCUT2D eigenvalue weighted by molar-refractivity contribution is 5.66. The molecule has 1 aliphatic rings. The van der Waals surface area contributed by atoms with Gasteiger partial charge in [0.1, 0.15) is 5.60 Å². The number of esters is 1. The number of halogens is 6. The van der Waals surface area contributed by atoms with E-state index in [2.05, 4.69) is 40.5 Å². The topological polar surface area (TPSA) is 114 Å². The Morgan fingerprint density at radius 3 is 2.13 bits per heavy atom. The third-order valence-electron chi connectivity index (χ3n) is 5.72. The fourth-order valence-corrected chi connectivity index (χ4v) is 4.00. The molecule has 1 aliphatic heterocycles. The van der Waals surface area contributed by atoms with Gasteiger partial charge in [-0.05, 0) is 56.7 Å². The Labute approximate surface area is 270 Å². The third-order valence-corrected chi connectivity index (χ3v) is 5.72. The molecule has 260 valence electrons. The van der Waals surface area contributed by atoms with E-state index >= 15 is 0 Å². The van der Waals surface area contributed by atoms with Gasteiger partial charge >= 0.3 is 24.3 Å². The molecule has 0 unspecified atom stereocenters. The lowest BCUT2D eigenvalue weighted by Gasteiger charge is -2.29. The monoisotopic (exact) mass is 673 g/mol. The molecule has 2 heterocycles. The summed E-state index contributed by atoms with van der Waals surface area (Å²) in [4.78, 5) is 24.2.